The Balaban J connectivity index is 1.52. The second-order valence-corrected chi connectivity index (χ2v) is 22.0. The number of hydrogen-bond acceptors (Lipinski definition) is 16. The van der Waals surface area contributed by atoms with Crippen molar-refractivity contribution in [2.45, 2.75) is 185 Å². The van der Waals surface area contributed by atoms with Crippen molar-refractivity contribution in [2.75, 3.05) is 68.5 Å². The van der Waals surface area contributed by atoms with E-state index >= 15 is 0 Å². The molecule has 0 spiro atoms. The summed E-state index contributed by atoms with van der Waals surface area (Å²) in [5.41, 5.74) is 1.54. The fourth-order valence-electron chi connectivity index (χ4n) is 12.0. The van der Waals surface area contributed by atoms with Crippen molar-refractivity contribution in [2.24, 2.45) is 35.5 Å². The van der Waals surface area contributed by atoms with Crippen LogP contribution in [-0.4, -0.2) is 169 Å². The smallest absolute Gasteiger partial charge is 0.323 e. The van der Waals surface area contributed by atoms with Gasteiger partial charge in [0.25, 0.3) is 0 Å². The van der Waals surface area contributed by atoms with Crippen LogP contribution in [0.4, 0.5) is 0 Å². The van der Waals surface area contributed by atoms with Gasteiger partial charge in [0.2, 0.25) is 11.6 Å². The van der Waals surface area contributed by atoms with Crippen molar-refractivity contribution in [3.05, 3.63) is 60.3 Å². The van der Waals surface area contributed by atoms with E-state index in [1.807, 2.05) is 58.9 Å². The van der Waals surface area contributed by atoms with Crippen molar-refractivity contribution >= 4 is 23.3 Å². The first-order chi connectivity index (χ1) is 35.9. The van der Waals surface area contributed by atoms with E-state index in [2.05, 4.69) is 19.6 Å². The summed E-state index contributed by atoms with van der Waals surface area (Å²) in [7, 11) is 7.81. The molecule has 16 heteroatoms. The second kappa shape index (κ2) is 30.8. The molecule has 1 N–H and O–H groups in total. The second-order valence-electron chi connectivity index (χ2n) is 22.0. The van der Waals surface area contributed by atoms with Crippen LogP contribution in [0.25, 0.3) is 0 Å². The summed E-state index contributed by atoms with van der Waals surface area (Å²) in [6, 6.07) is -0.995. The van der Waals surface area contributed by atoms with E-state index < -0.39 is 72.2 Å². The lowest BCUT2D eigenvalue weighted by Gasteiger charge is -2.46. The van der Waals surface area contributed by atoms with E-state index in [0.717, 1.165) is 24.8 Å². The molecule has 424 valence electrons. The highest BCUT2D eigenvalue weighted by Gasteiger charge is 2.54. The Morgan fingerprint density at radius 1 is 0.853 bits per heavy atom. The Morgan fingerprint density at radius 3 is 2.27 bits per heavy atom. The highest BCUT2D eigenvalue weighted by molar-refractivity contribution is 5.91. The average Bonchev–Trinajstić information content (AvgIpc) is 3.41. The van der Waals surface area contributed by atoms with Crippen LogP contribution in [0, 0.1) is 35.5 Å². The van der Waals surface area contributed by atoms with Crippen LogP contribution >= 0.6 is 0 Å². The Morgan fingerprint density at radius 2 is 1.60 bits per heavy atom. The quantitative estimate of drug-likeness (QED) is 0.147. The Hall–Kier alpha value is -3.26. The van der Waals surface area contributed by atoms with E-state index in [0.29, 0.717) is 76.8 Å². The van der Waals surface area contributed by atoms with Crippen LogP contribution in [0.15, 0.2) is 60.3 Å². The molecule has 1 saturated carbocycles. The maximum absolute atomic E-state index is 15.0. The van der Waals surface area contributed by atoms with Gasteiger partial charge in [0.1, 0.15) is 36.2 Å². The number of piperidine rings is 1. The lowest BCUT2D eigenvalue weighted by atomic mass is 9.78. The average molecular weight is 1060 g/mol. The first-order valence-electron chi connectivity index (χ1n) is 27.7. The number of cyclic esters (lactones) is 1. The van der Waals surface area contributed by atoms with Gasteiger partial charge in [-0.15, -0.1) is 6.58 Å². The number of aliphatic hydroxyl groups is 1. The molecular weight excluding hydrogens is 963 g/mol. The number of carbonyl (C=O) groups is 4. The number of fused-ring (bicyclic) bond motifs is 3. The number of carbonyl (C=O) groups excluding carboxylic acids is 4. The predicted octanol–water partition coefficient (Wildman–Crippen LogP) is 7.89. The first-order valence-corrected chi connectivity index (χ1v) is 27.7. The number of Topliss-reactive ketones (excluding diaryl/α,β-unsaturated/α-hetero) is 3. The Labute approximate surface area is 448 Å². The summed E-state index contributed by atoms with van der Waals surface area (Å²) in [4.78, 5) is 60.0. The van der Waals surface area contributed by atoms with Crippen LogP contribution in [0.3, 0.4) is 0 Å². The zero-order valence-electron chi connectivity index (χ0n) is 47.1. The number of hydrogen-bond donors (Lipinski definition) is 1. The van der Waals surface area contributed by atoms with Gasteiger partial charge < -0.3 is 52.5 Å². The summed E-state index contributed by atoms with van der Waals surface area (Å²) >= 11 is 0. The summed E-state index contributed by atoms with van der Waals surface area (Å²) in [5.74, 6) is -5.16. The maximum Gasteiger partial charge on any atom is 0.323 e. The minimum atomic E-state index is -1.83. The zero-order valence-corrected chi connectivity index (χ0v) is 47.1. The molecule has 4 aliphatic heterocycles. The lowest BCUT2D eigenvalue weighted by Crippen LogP contribution is -2.63. The molecule has 0 aromatic rings. The van der Waals surface area contributed by atoms with Crippen molar-refractivity contribution in [1.29, 1.82) is 0 Å². The first kappa shape index (κ1) is 62.6. The molecule has 3 saturated heterocycles. The Bertz CT molecular complexity index is 1960. The lowest BCUT2D eigenvalue weighted by molar-refractivity contribution is -0.286. The third kappa shape index (κ3) is 16.9. The van der Waals surface area contributed by atoms with Crippen LogP contribution in [0.1, 0.15) is 119 Å². The number of ketones is 3. The monoisotopic (exact) mass is 1060 g/mol. The highest BCUT2D eigenvalue weighted by Crippen LogP contribution is 2.40. The molecule has 4 fully saturated rings. The van der Waals surface area contributed by atoms with Gasteiger partial charge in [0.05, 0.1) is 56.8 Å². The van der Waals surface area contributed by atoms with Gasteiger partial charge >= 0.3 is 5.97 Å². The number of nitrogens with zero attached hydrogens (tertiary/aromatic N) is 1. The van der Waals surface area contributed by atoms with E-state index in [1.165, 1.54) is 26.2 Å². The van der Waals surface area contributed by atoms with Crippen molar-refractivity contribution < 1.29 is 71.7 Å². The third-order valence-corrected chi connectivity index (χ3v) is 16.5. The van der Waals surface area contributed by atoms with E-state index in [1.54, 1.807) is 26.4 Å². The zero-order chi connectivity index (χ0) is 54.8. The molecule has 75 heavy (non-hydrogen) atoms. The fraction of sp³-hybridized carbons (Fsp3) is 0.763. The molecule has 2 unspecified atom stereocenters. The topological polar surface area (TPSA) is 184 Å². The molecule has 5 aliphatic rings. The van der Waals surface area contributed by atoms with Crippen molar-refractivity contribution in [3.8, 4) is 0 Å². The molecule has 4 heterocycles. The molecule has 16 nitrogen and oxygen atoms in total. The summed E-state index contributed by atoms with van der Waals surface area (Å²) in [6.07, 6.45) is 14.2. The number of aliphatic hydroxyl groups excluding tert-OH is 1. The van der Waals surface area contributed by atoms with Gasteiger partial charge in [0, 0.05) is 66.8 Å². The van der Waals surface area contributed by atoms with Gasteiger partial charge in [-0.05, 0) is 101 Å². The van der Waals surface area contributed by atoms with Crippen LogP contribution in [0.5, 0.6) is 0 Å². The number of ether oxygens (including phenoxy) is 10. The van der Waals surface area contributed by atoms with E-state index in [4.69, 9.17) is 47.4 Å². The molecule has 2 bridgehead atoms. The van der Waals surface area contributed by atoms with Gasteiger partial charge in [-0.1, -0.05) is 76.6 Å². The molecular formula is C59H93NO15. The third-order valence-electron chi connectivity index (χ3n) is 16.5. The minimum absolute atomic E-state index is 0.0265. The summed E-state index contributed by atoms with van der Waals surface area (Å²) in [6.45, 7) is 17.6. The number of rotatable bonds is 12. The molecule has 1 aliphatic carbocycles. The van der Waals surface area contributed by atoms with Crippen LogP contribution < -0.4 is 0 Å². The van der Waals surface area contributed by atoms with Gasteiger partial charge in [-0.25, -0.2) is 0 Å². The summed E-state index contributed by atoms with van der Waals surface area (Å²) in [5, 5.41) is 12.2. The van der Waals surface area contributed by atoms with Crippen LogP contribution in [0.2, 0.25) is 0 Å². The predicted molar refractivity (Wildman–Crippen MR) is 285 cm³/mol. The van der Waals surface area contributed by atoms with Crippen molar-refractivity contribution in [3.63, 3.8) is 0 Å². The van der Waals surface area contributed by atoms with Gasteiger partial charge in [-0.3, -0.25) is 24.1 Å². The number of methoxy groups -OCH3 is 5. The largest absolute Gasteiger partial charge is 0.460 e. The number of esters is 1. The van der Waals surface area contributed by atoms with Crippen molar-refractivity contribution in [1.82, 2.24) is 4.90 Å². The highest BCUT2D eigenvalue weighted by atomic mass is 16.7. The van der Waals surface area contributed by atoms with E-state index in [9.17, 15) is 24.3 Å². The standard InChI is InChI=1S/C59H93NO15/c1-13-44-31-41(6)54(68-10)55(69-11)53(62)40(5)29-37(2)19-15-14-16-20-38(3)50(73-36-46-35-71-27-28-72-46)33-45-24-22-42(7)59(70-12,75-45)56(63)57(64)60-26-18-17-21-47(60)58(65)74-51(34-48(44)61)39(4)30-43-23-25-49(66-8)52(32-43)67-9/h13-16,19-20,31,37,39-40,42-47,49-52,54-55,57,64H,1,17-18,21-30,32-36H2,2-12H3/b16-14+,19-15+,38-20+,41-31+/t37-,39-,40-,42-,43+,44-,45+,46?,47+,49-,50?,51+,52-,54-,55+,57-,59-/m1/s1. The molecule has 0 aromatic carbocycles. The molecule has 0 amide bonds. The summed E-state index contributed by atoms with van der Waals surface area (Å²) < 4.78 is 60.8. The fourth-order valence-corrected chi connectivity index (χ4v) is 12.0. The molecule has 5 rings (SSSR count). The molecule has 17 atom stereocenters. The Kier molecular flexibility index (Phi) is 25.7. The maximum atomic E-state index is 15.0. The number of allylic oxidation sites excluding steroid dienone is 7. The minimum Gasteiger partial charge on any atom is -0.460 e. The SMILES string of the molecule is C=C[C@@H]1/C=C(\C)[C@@H](OC)[C@@H](OC)C(=O)[C@H](C)C[C@H](C)/C=C/C=C/C=C(\C)C(OCC2COCCO2)C[C@@H]2CC[C@@H](C)[C@@](OC)(O2)C(=O)[C@@H](O)N2CCCC[C@H]2C(=O)O[C@H]([C@H](C)C[C@@H]2CC[C@@H](OC)[C@H](OC)C2)CC1=O. The molecule has 0 radical (unpaired) electrons. The normalized spacial score (nSPS) is 40.0. The molecule has 0 aromatic heterocycles. The van der Waals surface area contributed by atoms with Crippen LogP contribution in [-0.2, 0) is 66.5 Å². The van der Waals surface area contributed by atoms with E-state index in [-0.39, 0.29) is 73.1 Å². The van der Waals surface area contributed by atoms with Gasteiger partial charge in [0.15, 0.2) is 12.0 Å². The van der Waals surface area contributed by atoms with Gasteiger partial charge in [-0.2, -0.15) is 0 Å².